The molecule has 2 rings (SSSR count). The van der Waals surface area contributed by atoms with Gasteiger partial charge < -0.3 is 14.8 Å². The predicted octanol–water partition coefficient (Wildman–Crippen LogP) is 4.18. The molecular formula is C18H29NO2. The fraction of sp³-hybridized carbons (Fsp3) is 0.667. The lowest BCUT2D eigenvalue weighted by atomic mass is 9.79. The zero-order valence-electron chi connectivity index (χ0n) is 14.0. The van der Waals surface area contributed by atoms with Crippen LogP contribution in [0.2, 0.25) is 0 Å². The van der Waals surface area contributed by atoms with Gasteiger partial charge in [0.05, 0.1) is 14.2 Å². The number of ether oxygens (including phenoxy) is 2. The molecule has 0 radical (unpaired) electrons. The summed E-state index contributed by atoms with van der Waals surface area (Å²) in [7, 11) is 3.36. The first-order valence-corrected chi connectivity index (χ1v) is 8.03. The Labute approximate surface area is 129 Å². The molecule has 4 atom stereocenters. The van der Waals surface area contributed by atoms with Gasteiger partial charge in [-0.1, -0.05) is 26.3 Å². The molecular weight excluding hydrogens is 262 g/mol. The van der Waals surface area contributed by atoms with Crippen molar-refractivity contribution in [2.24, 2.45) is 11.8 Å². The Balaban J connectivity index is 2.07. The van der Waals surface area contributed by atoms with Crippen molar-refractivity contribution in [2.75, 3.05) is 14.2 Å². The van der Waals surface area contributed by atoms with Crippen molar-refractivity contribution in [2.45, 2.75) is 52.1 Å². The molecule has 0 aromatic heterocycles. The van der Waals surface area contributed by atoms with Gasteiger partial charge in [-0.15, -0.1) is 0 Å². The lowest BCUT2D eigenvalue weighted by Crippen LogP contribution is -2.40. The minimum Gasteiger partial charge on any atom is -0.493 e. The normalized spacial score (nSPS) is 27.2. The summed E-state index contributed by atoms with van der Waals surface area (Å²) in [4.78, 5) is 0. The Kier molecular flexibility index (Phi) is 5.51. The summed E-state index contributed by atoms with van der Waals surface area (Å²) in [6, 6.07) is 7.11. The van der Waals surface area contributed by atoms with Crippen LogP contribution in [0.5, 0.6) is 11.5 Å². The van der Waals surface area contributed by atoms with Gasteiger partial charge in [0.25, 0.3) is 0 Å². The van der Waals surface area contributed by atoms with Crippen molar-refractivity contribution < 1.29 is 9.47 Å². The van der Waals surface area contributed by atoms with Gasteiger partial charge in [0, 0.05) is 12.1 Å². The van der Waals surface area contributed by atoms with Crippen LogP contribution in [0.1, 0.15) is 51.6 Å². The van der Waals surface area contributed by atoms with E-state index in [-0.39, 0.29) is 0 Å². The van der Waals surface area contributed by atoms with E-state index in [1.807, 2.05) is 6.07 Å². The van der Waals surface area contributed by atoms with E-state index in [2.05, 4.69) is 38.2 Å². The summed E-state index contributed by atoms with van der Waals surface area (Å²) in [6.45, 7) is 6.96. The van der Waals surface area contributed by atoms with Crippen molar-refractivity contribution in [3.05, 3.63) is 23.8 Å². The highest BCUT2D eigenvalue weighted by atomic mass is 16.5. The topological polar surface area (TPSA) is 30.5 Å². The molecule has 0 amide bonds. The van der Waals surface area contributed by atoms with Gasteiger partial charge in [-0.2, -0.15) is 0 Å². The number of rotatable bonds is 5. The summed E-state index contributed by atoms with van der Waals surface area (Å²) >= 11 is 0. The van der Waals surface area contributed by atoms with E-state index in [9.17, 15) is 0 Å². The van der Waals surface area contributed by atoms with Gasteiger partial charge in [0.1, 0.15) is 0 Å². The summed E-state index contributed by atoms with van der Waals surface area (Å²) < 4.78 is 10.7. The van der Waals surface area contributed by atoms with Gasteiger partial charge in [0.15, 0.2) is 11.5 Å². The molecule has 3 heteroatoms. The van der Waals surface area contributed by atoms with Crippen molar-refractivity contribution in [1.82, 2.24) is 5.32 Å². The van der Waals surface area contributed by atoms with Gasteiger partial charge >= 0.3 is 0 Å². The van der Waals surface area contributed by atoms with Crippen LogP contribution in [0.15, 0.2) is 18.2 Å². The zero-order chi connectivity index (χ0) is 15.4. The smallest absolute Gasteiger partial charge is 0.161 e. The highest BCUT2D eigenvalue weighted by Gasteiger charge is 2.26. The summed E-state index contributed by atoms with van der Waals surface area (Å²) in [6.07, 6.45) is 3.97. The van der Waals surface area contributed by atoms with Gasteiger partial charge in [0.2, 0.25) is 0 Å². The van der Waals surface area contributed by atoms with E-state index in [0.717, 1.165) is 23.3 Å². The maximum absolute atomic E-state index is 5.40. The Bertz CT molecular complexity index is 461. The third kappa shape index (κ3) is 3.91. The largest absolute Gasteiger partial charge is 0.493 e. The van der Waals surface area contributed by atoms with Crippen molar-refractivity contribution in [1.29, 1.82) is 0 Å². The molecule has 1 fully saturated rings. The van der Waals surface area contributed by atoms with Crippen molar-refractivity contribution in [3.8, 4) is 11.5 Å². The monoisotopic (exact) mass is 291 g/mol. The van der Waals surface area contributed by atoms with Gasteiger partial charge in [-0.05, 0) is 49.3 Å². The van der Waals surface area contributed by atoms with E-state index in [4.69, 9.17) is 9.47 Å². The van der Waals surface area contributed by atoms with Crippen LogP contribution in [0.25, 0.3) is 0 Å². The molecule has 118 valence electrons. The first-order chi connectivity index (χ1) is 10.0. The molecule has 0 spiro atoms. The Hall–Kier alpha value is -1.22. The molecule has 0 saturated heterocycles. The molecule has 1 aromatic rings. The van der Waals surface area contributed by atoms with Crippen LogP contribution >= 0.6 is 0 Å². The molecule has 0 bridgehead atoms. The Morgan fingerprint density at radius 3 is 2.48 bits per heavy atom. The van der Waals surface area contributed by atoms with Crippen LogP contribution in [0, 0.1) is 11.8 Å². The maximum Gasteiger partial charge on any atom is 0.161 e. The zero-order valence-corrected chi connectivity index (χ0v) is 14.0. The van der Waals surface area contributed by atoms with Crippen molar-refractivity contribution >= 4 is 0 Å². The maximum atomic E-state index is 5.40. The van der Waals surface area contributed by atoms with Gasteiger partial charge in [-0.25, -0.2) is 0 Å². The van der Waals surface area contributed by atoms with E-state index >= 15 is 0 Å². The van der Waals surface area contributed by atoms with Crippen LogP contribution in [0.4, 0.5) is 0 Å². The van der Waals surface area contributed by atoms with Gasteiger partial charge in [-0.3, -0.25) is 0 Å². The predicted molar refractivity (Wildman–Crippen MR) is 87.1 cm³/mol. The summed E-state index contributed by atoms with van der Waals surface area (Å²) in [5.41, 5.74) is 1.25. The lowest BCUT2D eigenvalue weighted by molar-refractivity contribution is 0.216. The molecule has 1 aromatic carbocycles. The van der Waals surface area contributed by atoms with E-state index in [1.54, 1.807) is 14.2 Å². The second-order valence-corrected chi connectivity index (χ2v) is 6.50. The Morgan fingerprint density at radius 2 is 1.81 bits per heavy atom. The fourth-order valence-corrected chi connectivity index (χ4v) is 3.30. The van der Waals surface area contributed by atoms with Crippen LogP contribution in [-0.2, 0) is 0 Å². The standard InChI is InChI=1S/C18H29NO2/c1-12-6-7-13(2)16(10-12)19-14(3)15-8-9-17(20-4)18(11-15)21-5/h8-9,11-14,16,19H,6-7,10H2,1-5H3. The second-order valence-electron chi connectivity index (χ2n) is 6.50. The van der Waals surface area contributed by atoms with E-state index in [0.29, 0.717) is 12.1 Å². The number of benzene rings is 1. The molecule has 1 saturated carbocycles. The average Bonchev–Trinajstić information content (AvgIpc) is 2.50. The highest BCUT2D eigenvalue weighted by molar-refractivity contribution is 5.43. The average molecular weight is 291 g/mol. The summed E-state index contributed by atoms with van der Waals surface area (Å²) in [5, 5.41) is 3.81. The molecule has 1 aliphatic carbocycles. The molecule has 3 nitrogen and oxygen atoms in total. The van der Waals surface area contributed by atoms with E-state index in [1.165, 1.54) is 24.8 Å². The molecule has 1 aliphatic rings. The number of hydrogen-bond acceptors (Lipinski definition) is 3. The SMILES string of the molecule is COc1ccc(C(C)NC2CC(C)CCC2C)cc1OC. The Morgan fingerprint density at radius 1 is 1.10 bits per heavy atom. The first kappa shape index (κ1) is 16.2. The molecule has 1 N–H and O–H groups in total. The fourth-order valence-electron chi connectivity index (χ4n) is 3.30. The number of hydrogen-bond donors (Lipinski definition) is 1. The molecule has 4 unspecified atom stereocenters. The highest BCUT2D eigenvalue weighted by Crippen LogP contribution is 2.32. The van der Waals surface area contributed by atoms with E-state index < -0.39 is 0 Å². The lowest BCUT2D eigenvalue weighted by Gasteiger charge is -2.35. The van der Waals surface area contributed by atoms with Crippen LogP contribution in [-0.4, -0.2) is 20.3 Å². The molecule has 0 heterocycles. The number of nitrogens with one attached hydrogen (secondary N) is 1. The quantitative estimate of drug-likeness (QED) is 0.883. The first-order valence-electron chi connectivity index (χ1n) is 8.03. The third-order valence-electron chi connectivity index (χ3n) is 4.83. The summed E-state index contributed by atoms with van der Waals surface area (Å²) in [5.74, 6) is 3.17. The molecule has 21 heavy (non-hydrogen) atoms. The van der Waals surface area contributed by atoms with Crippen LogP contribution < -0.4 is 14.8 Å². The second kappa shape index (κ2) is 7.17. The third-order valence-corrected chi connectivity index (χ3v) is 4.83. The minimum absolute atomic E-state index is 0.322. The molecule has 0 aliphatic heterocycles. The van der Waals surface area contributed by atoms with Crippen molar-refractivity contribution in [3.63, 3.8) is 0 Å². The minimum atomic E-state index is 0.322. The number of methoxy groups -OCH3 is 2. The van der Waals surface area contributed by atoms with Crippen LogP contribution in [0.3, 0.4) is 0 Å².